The standard InChI is InChI=1S/C20H23NO5/c1-20(2,3)26-19(23)25-18(22)17-11-16(12-21-17)24-15-9-8-13-6-4-5-7-14(13)10-15/h4-10,16-17,21H,11-12H2,1-3H3/t16-,17-/m0/s1. The van der Waals surface area contributed by atoms with Gasteiger partial charge in [-0.25, -0.2) is 9.59 Å². The lowest BCUT2D eigenvalue weighted by atomic mass is 10.1. The molecular formula is C20H23NO5. The maximum atomic E-state index is 12.1. The van der Waals surface area contributed by atoms with Crippen LogP contribution in [0.1, 0.15) is 27.2 Å². The van der Waals surface area contributed by atoms with Crippen molar-refractivity contribution in [3.8, 4) is 5.75 Å². The van der Waals surface area contributed by atoms with Gasteiger partial charge in [0, 0.05) is 13.0 Å². The maximum Gasteiger partial charge on any atom is 0.516 e. The zero-order chi connectivity index (χ0) is 18.7. The Morgan fingerprint density at radius 3 is 2.54 bits per heavy atom. The average molecular weight is 357 g/mol. The average Bonchev–Trinajstić information content (AvgIpc) is 3.01. The SMILES string of the molecule is CC(C)(C)OC(=O)OC(=O)[C@@H]1C[C@H](Oc2ccc3ccccc3c2)CN1. The van der Waals surface area contributed by atoms with Crippen LogP contribution < -0.4 is 10.1 Å². The zero-order valence-electron chi connectivity index (χ0n) is 15.2. The quantitative estimate of drug-likeness (QED) is 0.670. The summed E-state index contributed by atoms with van der Waals surface area (Å²) in [7, 11) is 0. The molecule has 0 spiro atoms. The summed E-state index contributed by atoms with van der Waals surface area (Å²) in [6.45, 7) is 5.63. The molecule has 0 amide bonds. The van der Waals surface area contributed by atoms with E-state index in [0.29, 0.717) is 13.0 Å². The summed E-state index contributed by atoms with van der Waals surface area (Å²) in [4.78, 5) is 23.7. The molecule has 1 N–H and O–H groups in total. The molecule has 6 nitrogen and oxygen atoms in total. The second-order valence-corrected chi connectivity index (χ2v) is 7.33. The lowest BCUT2D eigenvalue weighted by molar-refractivity contribution is -0.143. The molecule has 1 aliphatic heterocycles. The van der Waals surface area contributed by atoms with Crippen molar-refractivity contribution in [2.75, 3.05) is 6.54 Å². The molecule has 1 aliphatic rings. The Kier molecular flexibility index (Phi) is 5.13. The van der Waals surface area contributed by atoms with E-state index in [1.807, 2.05) is 42.5 Å². The van der Waals surface area contributed by atoms with Crippen LogP contribution in [-0.4, -0.2) is 36.4 Å². The molecule has 0 bridgehead atoms. The lowest BCUT2D eigenvalue weighted by Crippen LogP contribution is -2.35. The van der Waals surface area contributed by atoms with E-state index < -0.39 is 23.8 Å². The van der Waals surface area contributed by atoms with Crippen molar-refractivity contribution in [2.24, 2.45) is 0 Å². The summed E-state index contributed by atoms with van der Waals surface area (Å²) in [5, 5.41) is 5.26. The van der Waals surface area contributed by atoms with Crippen molar-refractivity contribution in [3.05, 3.63) is 42.5 Å². The van der Waals surface area contributed by atoms with Crippen molar-refractivity contribution in [2.45, 2.75) is 44.9 Å². The van der Waals surface area contributed by atoms with Crippen LogP contribution in [0.4, 0.5) is 4.79 Å². The van der Waals surface area contributed by atoms with Gasteiger partial charge < -0.3 is 19.5 Å². The van der Waals surface area contributed by atoms with Gasteiger partial charge in [0.25, 0.3) is 0 Å². The molecule has 0 aromatic heterocycles. The summed E-state index contributed by atoms with van der Waals surface area (Å²) in [6, 6.07) is 13.3. The van der Waals surface area contributed by atoms with Crippen LogP contribution in [0.2, 0.25) is 0 Å². The van der Waals surface area contributed by atoms with Crippen LogP contribution in [0, 0.1) is 0 Å². The maximum absolute atomic E-state index is 12.1. The van der Waals surface area contributed by atoms with Gasteiger partial charge in [-0.3, -0.25) is 0 Å². The molecule has 0 aliphatic carbocycles. The Balaban J connectivity index is 1.54. The van der Waals surface area contributed by atoms with E-state index in [1.54, 1.807) is 20.8 Å². The molecule has 1 heterocycles. The fourth-order valence-electron chi connectivity index (χ4n) is 2.83. The van der Waals surface area contributed by atoms with Gasteiger partial charge in [0.2, 0.25) is 0 Å². The first-order valence-corrected chi connectivity index (χ1v) is 8.64. The van der Waals surface area contributed by atoms with Crippen LogP contribution in [-0.2, 0) is 14.3 Å². The number of benzene rings is 2. The van der Waals surface area contributed by atoms with Gasteiger partial charge in [-0.2, -0.15) is 0 Å². The molecule has 2 atom stereocenters. The summed E-state index contributed by atoms with van der Waals surface area (Å²) in [5.74, 6) is 0.0977. The van der Waals surface area contributed by atoms with Gasteiger partial charge in [0.15, 0.2) is 0 Å². The fourth-order valence-corrected chi connectivity index (χ4v) is 2.83. The first kappa shape index (κ1) is 18.2. The van der Waals surface area contributed by atoms with E-state index in [2.05, 4.69) is 5.32 Å². The molecule has 138 valence electrons. The number of carbonyl (C=O) groups is 2. The minimum Gasteiger partial charge on any atom is -0.489 e. The van der Waals surface area contributed by atoms with Gasteiger partial charge in [-0.15, -0.1) is 0 Å². The molecule has 26 heavy (non-hydrogen) atoms. The second-order valence-electron chi connectivity index (χ2n) is 7.33. The topological polar surface area (TPSA) is 73.9 Å². The van der Waals surface area contributed by atoms with Gasteiger partial charge in [0.05, 0.1) is 0 Å². The number of hydrogen-bond donors (Lipinski definition) is 1. The number of rotatable bonds is 3. The molecule has 6 heteroatoms. The molecule has 3 rings (SSSR count). The van der Waals surface area contributed by atoms with Crippen LogP contribution in [0.3, 0.4) is 0 Å². The Labute approximate surface area is 152 Å². The highest BCUT2D eigenvalue weighted by Gasteiger charge is 2.34. The molecule has 0 radical (unpaired) electrons. The third kappa shape index (κ3) is 4.73. The Bertz CT molecular complexity index is 811. The van der Waals surface area contributed by atoms with Gasteiger partial charge in [-0.1, -0.05) is 30.3 Å². The molecule has 0 unspecified atom stereocenters. The van der Waals surface area contributed by atoms with E-state index in [9.17, 15) is 9.59 Å². The van der Waals surface area contributed by atoms with Crippen molar-refractivity contribution in [3.63, 3.8) is 0 Å². The van der Waals surface area contributed by atoms with Crippen LogP contribution in [0.15, 0.2) is 42.5 Å². The van der Waals surface area contributed by atoms with Crippen molar-refractivity contribution >= 4 is 22.9 Å². The number of esters is 1. The smallest absolute Gasteiger partial charge is 0.489 e. The predicted molar refractivity (Wildman–Crippen MR) is 97.1 cm³/mol. The first-order valence-electron chi connectivity index (χ1n) is 8.64. The Morgan fingerprint density at radius 1 is 1.08 bits per heavy atom. The summed E-state index contributed by atoms with van der Waals surface area (Å²) in [6.07, 6.45) is -0.732. The van der Waals surface area contributed by atoms with E-state index in [1.165, 1.54) is 0 Å². The van der Waals surface area contributed by atoms with E-state index in [4.69, 9.17) is 14.2 Å². The lowest BCUT2D eigenvalue weighted by Gasteiger charge is -2.19. The molecule has 2 aromatic carbocycles. The van der Waals surface area contributed by atoms with Crippen LogP contribution >= 0.6 is 0 Å². The molecular weight excluding hydrogens is 334 g/mol. The predicted octanol–water partition coefficient (Wildman–Crippen LogP) is 3.43. The summed E-state index contributed by atoms with van der Waals surface area (Å²) < 4.78 is 15.7. The molecule has 2 aromatic rings. The number of carbonyl (C=O) groups excluding carboxylic acids is 2. The highest BCUT2D eigenvalue weighted by Crippen LogP contribution is 2.23. The van der Waals surface area contributed by atoms with Gasteiger partial charge in [-0.05, 0) is 43.7 Å². The van der Waals surface area contributed by atoms with Crippen molar-refractivity contribution in [1.29, 1.82) is 0 Å². The van der Waals surface area contributed by atoms with Crippen molar-refractivity contribution in [1.82, 2.24) is 5.32 Å². The normalized spacial score (nSPS) is 20.0. The van der Waals surface area contributed by atoms with Gasteiger partial charge in [0.1, 0.15) is 23.5 Å². The van der Waals surface area contributed by atoms with E-state index in [0.717, 1.165) is 16.5 Å². The second kappa shape index (κ2) is 7.33. The minimum absolute atomic E-state index is 0.174. The molecule has 1 fully saturated rings. The fraction of sp³-hybridized carbons (Fsp3) is 0.400. The zero-order valence-corrected chi connectivity index (χ0v) is 15.2. The largest absolute Gasteiger partial charge is 0.516 e. The first-order chi connectivity index (χ1) is 12.3. The van der Waals surface area contributed by atoms with E-state index >= 15 is 0 Å². The number of nitrogens with one attached hydrogen (secondary N) is 1. The number of hydrogen-bond acceptors (Lipinski definition) is 6. The third-order valence-electron chi connectivity index (χ3n) is 3.97. The monoisotopic (exact) mass is 357 g/mol. The molecule has 1 saturated heterocycles. The highest BCUT2D eigenvalue weighted by molar-refractivity contribution is 5.86. The third-order valence-corrected chi connectivity index (χ3v) is 3.97. The number of ether oxygens (including phenoxy) is 3. The van der Waals surface area contributed by atoms with Gasteiger partial charge >= 0.3 is 12.1 Å². The summed E-state index contributed by atoms with van der Waals surface area (Å²) in [5.41, 5.74) is -0.706. The number of fused-ring (bicyclic) bond motifs is 1. The highest BCUT2D eigenvalue weighted by atomic mass is 16.7. The van der Waals surface area contributed by atoms with E-state index in [-0.39, 0.29) is 6.10 Å². The minimum atomic E-state index is -0.983. The van der Waals surface area contributed by atoms with Crippen LogP contribution in [0.25, 0.3) is 10.8 Å². The molecule has 0 saturated carbocycles. The summed E-state index contributed by atoms with van der Waals surface area (Å²) >= 11 is 0. The van der Waals surface area contributed by atoms with Crippen molar-refractivity contribution < 1.29 is 23.8 Å². The Hall–Kier alpha value is -2.60. The van der Waals surface area contributed by atoms with Crippen LogP contribution in [0.5, 0.6) is 5.75 Å². The Morgan fingerprint density at radius 2 is 1.81 bits per heavy atom.